The summed E-state index contributed by atoms with van der Waals surface area (Å²) >= 11 is 5.82. The normalized spacial score (nSPS) is 10.2. The third-order valence-electron chi connectivity index (χ3n) is 1.75. The highest BCUT2D eigenvalue weighted by Crippen LogP contribution is 2.15. The van der Waals surface area contributed by atoms with E-state index in [2.05, 4.69) is 0 Å². The summed E-state index contributed by atoms with van der Waals surface area (Å²) in [6, 6.07) is 7.01. The van der Waals surface area contributed by atoms with E-state index in [1.54, 1.807) is 38.4 Å². The maximum absolute atomic E-state index is 11.4. The van der Waals surface area contributed by atoms with E-state index in [1.807, 2.05) is 0 Å². The van der Waals surface area contributed by atoms with E-state index in [1.165, 1.54) is 4.90 Å². The molecule has 0 saturated carbocycles. The number of nitrogens with zero attached hydrogens (tertiary/aromatic N) is 1. The number of aliphatic carboxylic acids is 1. The Morgan fingerprint density at radius 1 is 1.21 bits per heavy atom. The summed E-state index contributed by atoms with van der Waals surface area (Å²) in [5.74, 6) is -2.83. The van der Waals surface area contributed by atoms with Crippen LogP contribution in [0.5, 0.6) is 0 Å². The number of halogens is 4. The molecular weight excluding hydrogens is 287 g/mol. The molecule has 0 aromatic heterocycles. The molecule has 0 fully saturated rings. The fourth-order valence-corrected chi connectivity index (χ4v) is 1.09. The zero-order valence-electron chi connectivity index (χ0n) is 10.0. The van der Waals surface area contributed by atoms with Gasteiger partial charge in [-0.1, -0.05) is 23.7 Å². The van der Waals surface area contributed by atoms with Crippen molar-refractivity contribution in [1.29, 1.82) is 0 Å². The lowest BCUT2D eigenvalue weighted by Gasteiger charge is -2.10. The van der Waals surface area contributed by atoms with Crippen molar-refractivity contribution in [3.05, 3.63) is 34.9 Å². The van der Waals surface area contributed by atoms with Crippen molar-refractivity contribution in [1.82, 2.24) is 4.90 Å². The molecule has 1 rings (SSSR count). The van der Waals surface area contributed by atoms with E-state index in [4.69, 9.17) is 21.5 Å². The van der Waals surface area contributed by atoms with E-state index >= 15 is 0 Å². The van der Waals surface area contributed by atoms with E-state index in [0.29, 0.717) is 10.6 Å². The Hall–Kier alpha value is -1.76. The molecule has 19 heavy (non-hydrogen) atoms. The van der Waals surface area contributed by atoms with Crippen LogP contribution in [0, 0.1) is 0 Å². The zero-order valence-corrected chi connectivity index (χ0v) is 10.8. The summed E-state index contributed by atoms with van der Waals surface area (Å²) in [6.07, 6.45) is -5.08. The standard InChI is InChI=1S/C9H10ClNO.C2HF3O2/c1-11(2)9(12)7-5-3-4-6-8(7)10;3-2(4,5)1(6)7/h3-6H,1-2H3;(H,6,7). The number of carbonyl (C=O) groups is 2. The average Bonchev–Trinajstić information content (AvgIpc) is 2.28. The van der Waals surface area contributed by atoms with Gasteiger partial charge in [0.25, 0.3) is 5.91 Å². The number of rotatable bonds is 1. The zero-order chi connectivity index (χ0) is 15.2. The molecule has 1 aromatic rings. The molecule has 0 heterocycles. The van der Waals surface area contributed by atoms with Gasteiger partial charge >= 0.3 is 12.1 Å². The Bertz CT molecular complexity index is 461. The number of hydrogen-bond donors (Lipinski definition) is 1. The van der Waals surface area contributed by atoms with Crippen molar-refractivity contribution in [2.75, 3.05) is 14.1 Å². The van der Waals surface area contributed by atoms with Gasteiger partial charge in [-0.15, -0.1) is 0 Å². The number of carboxylic acid groups (broad SMARTS) is 1. The van der Waals surface area contributed by atoms with Crippen LogP contribution in [0.1, 0.15) is 10.4 Å². The first-order chi connectivity index (χ1) is 8.57. The van der Waals surface area contributed by atoms with Crippen molar-refractivity contribution in [2.24, 2.45) is 0 Å². The third kappa shape index (κ3) is 6.10. The molecule has 0 radical (unpaired) electrons. The summed E-state index contributed by atoms with van der Waals surface area (Å²) < 4.78 is 31.7. The van der Waals surface area contributed by atoms with Gasteiger partial charge in [0.2, 0.25) is 0 Å². The molecule has 0 bridgehead atoms. The predicted octanol–water partition coefficient (Wildman–Crippen LogP) is 2.68. The molecule has 1 amide bonds. The molecule has 1 aromatic carbocycles. The highest BCUT2D eigenvalue weighted by Gasteiger charge is 2.38. The van der Waals surface area contributed by atoms with Gasteiger partial charge in [0, 0.05) is 14.1 Å². The lowest BCUT2D eigenvalue weighted by molar-refractivity contribution is -0.192. The van der Waals surface area contributed by atoms with Crippen LogP contribution in [0.4, 0.5) is 13.2 Å². The quantitative estimate of drug-likeness (QED) is 0.867. The number of amides is 1. The number of benzene rings is 1. The van der Waals surface area contributed by atoms with Gasteiger partial charge in [-0.05, 0) is 12.1 Å². The Morgan fingerprint density at radius 3 is 1.95 bits per heavy atom. The van der Waals surface area contributed by atoms with Crippen LogP contribution >= 0.6 is 11.6 Å². The number of hydrogen-bond acceptors (Lipinski definition) is 2. The van der Waals surface area contributed by atoms with Gasteiger partial charge in [-0.3, -0.25) is 4.79 Å². The minimum Gasteiger partial charge on any atom is -0.475 e. The molecule has 0 aliphatic carbocycles. The molecule has 0 atom stereocenters. The maximum Gasteiger partial charge on any atom is 0.490 e. The lowest BCUT2D eigenvalue weighted by atomic mass is 10.2. The van der Waals surface area contributed by atoms with Crippen molar-refractivity contribution in [3.8, 4) is 0 Å². The van der Waals surface area contributed by atoms with Crippen LogP contribution < -0.4 is 0 Å². The summed E-state index contributed by atoms with van der Waals surface area (Å²) in [5.41, 5.74) is 0.546. The largest absolute Gasteiger partial charge is 0.490 e. The molecule has 4 nitrogen and oxygen atoms in total. The fraction of sp³-hybridized carbons (Fsp3) is 0.273. The van der Waals surface area contributed by atoms with E-state index < -0.39 is 12.1 Å². The first-order valence-corrected chi connectivity index (χ1v) is 5.21. The van der Waals surface area contributed by atoms with Crippen LogP contribution in [0.25, 0.3) is 0 Å². The van der Waals surface area contributed by atoms with Crippen LogP contribution in [-0.2, 0) is 4.79 Å². The SMILES string of the molecule is CN(C)C(=O)c1ccccc1Cl.O=C(O)C(F)(F)F. The van der Waals surface area contributed by atoms with Crippen LogP contribution in [-0.4, -0.2) is 42.2 Å². The first kappa shape index (κ1) is 17.2. The van der Waals surface area contributed by atoms with Crippen molar-refractivity contribution in [3.63, 3.8) is 0 Å². The van der Waals surface area contributed by atoms with Gasteiger partial charge in [-0.2, -0.15) is 13.2 Å². The maximum atomic E-state index is 11.4. The molecule has 0 aliphatic rings. The Kier molecular flexibility index (Phi) is 6.34. The van der Waals surface area contributed by atoms with Gasteiger partial charge in [0.1, 0.15) is 0 Å². The second-order valence-corrected chi connectivity index (χ2v) is 3.89. The fourth-order valence-electron chi connectivity index (χ4n) is 0.876. The molecule has 0 saturated heterocycles. The molecule has 0 unspecified atom stereocenters. The molecule has 0 aliphatic heterocycles. The Labute approximate surface area is 112 Å². The first-order valence-electron chi connectivity index (χ1n) is 4.83. The van der Waals surface area contributed by atoms with Gasteiger partial charge < -0.3 is 10.0 Å². The second kappa shape index (κ2) is 6.98. The predicted molar refractivity (Wildman–Crippen MR) is 63.2 cm³/mol. The summed E-state index contributed by atoms with van der Waals surface area (Å²) in [7, 11) is 3.40. The van der Waals surface area contributed by atoms with Crippen molar-refractivity contribution >= 4 is 23.5 Å². The van der Waals surface area contributed by atoms with Crippen molar-refractivity contribution in [2.45, 2.75) is 6.18 Å². The monoisotopic (exact) mass is 297 g/mol. The summed E-state index contributed by atoms with van der Waals surface area (Å²) in [5, 5.41) is 7.62. The minimum absolute atomic E-state index is 0.0689. The van der Waals surface area contributed by atoms with Gasteiger partial charge in [-0.25, -0.2) is 4.79 Å². The molecule has 1 N–H and O–H groups in total. The Morgan fingerprint density at radius 2 is 1.63 bits per heavy atom. The second-order valence-electron chi connectivity index (χ2n) is 3.48. The highest BCUT2D eigenvalue weighted by molar-refractivity contribution is 6.33. The van der Waals surface area contributed by atoms with E-state index in [0.717, 1.165) is 0 Å². The van der Waals surface area contributed by atoms with Crippen molar-refractivity contribution < 1.29 is 27.9 Å². The van der Waals surface area contributed by atoms with Crippen LogP contribution in [0.3, 0.4) is 0 Å². The summed E-state index contributed by atoms with van der Waals surface area (Å²) in [4.78, 5) is 21.8. The topological polar surface area (TPSA) is 57.6 Å². The summed E-state index contributed by atoms with van der Waals surface area (Å²) in [6.45, 7) is 0. The van der Waals surface area contributed by atoms with E-state index in [-0.39, 0.29) is 5.91 Å². The van der Waals surface area contributed by atoms with Crippen LogP contribution in [0.2, 0.25) is 5.02 Å². The highest BCUT2D eigenvalue weighted by atomic mass is 35.5. The molecule has 8 heteroatoms. The number of carboxylic acids is 1. The van der Waals surface area contributed by atoms with Gasteiger partial charge in [0.05, 0.1) is 10.6 Å². The molecular formula is C11H11ClF3NO3. The average molecular weight is 298 g/mol. The van der Waals surface area contributed by atoms with Gasteiger partial charge in [0.15, 0.2) is 0 Å². The number of carbonyl (C=O) groups excluding carboxylic acids is 1. The van der Waals surface area contributed by atoms with E-state index in [9.17, 15) is 18.0 Å². The smallest absolute Gasteiger partial charge is 0.475 e. The van der Waals surface area contributed by atoms with Crippen LogP contribution in [0.15, 0.2) is 24.3 Å². The molecule has 0 spiro atoms. The molecule has 106 valence electrons. The Balaban J connectivity index is 0.000000399. The minimum atomic E-state index is -5.08. The lowest BCUT2D eigenvalue weighted by Crippen LogP contribution is -2.21. The third-order valence-corrected chi connectivity index (χ3v) is 2.08. The number of alkyl halides is 3.